The highest BCUT2D eigenvalue weighted by Gasteiger charge is 2.28. The van der Waals surface area contributed by atoms with Gasteiger partial charge in [-0.25, -0.2) is 4.79 Å². The predicted molar refractivity (Wildman–Crippen MR) is 123 cm³/mol. The highest BCUT2D eigenvalue weighted by Crippen LogP contribution is 2.44. The second-order valence-corrected chi connectivity index (χ2v) is 10.9. The second kappa shape index (κ2) is 7.83. The Labute approximate surface area is 182 Å². The topological polar surface area (TPSA) is 61.1 Å². The van der Waals surface area contributed by atoms with Crippen LogP contribution in [-0.2, 0) is 10.2 Å². The van der Waals surface area contributed by atoms with Crippen molar-refractivity contribution < 1.29 is 9.90 Å². The molecule has 3 heterocycles. The maximum Gasteiger partial charge on any atom is 0.346 e. The smallest absolute Gasteiger partial charge is 0.346 e. The van der Waals surface area contributed by atoms with E-state index >= 15 is 0 Å². The molecule has 0 saturated carbocycles. The van der Waals surface area contributed by atoms with Crippen LogP contribution in [0.2, 0.25) is 0 Å². The van der Waals surface area contributed by atoms with E-state index in [2.05, 4.69) is 44.2 Å². The number of nitriles is 1. The maximum atomic E-state index is 11.0. The van der Waals surface area contributed by atoms with Gasteiger partial charge >= 0.3 is 5.97 Å². The Morgan fingerprint density at radius 3 is 2.59 bits per heavy atom. The summed E-state index contributed by atoms with van der Waals surface area (Å²) in [7, 11) is 0. The molecule has 1 aliphatic rings. The van der Waals surface area contributed by atoms with E-state index in [1.54, 1.807) is 17.4 Å². The number of carboxylic acids is 1. The molecule has 1 aromatic carbocycles. The monoisotopic (exact) mass is 437 g/mol. The number of hydrogen-bond acceptors (Lipinski definition) is 5. The summed E-state index contributed by atoms with van der Waals surface area (Å²) in [6.45, 7) is 4.64. The summed E-state index contributed by atoms with van der Waals surface area (Å²) in [6.07, 6.45) is 2.62. The first-order chi connectivity index (χ1) is 13.9. The van der Waals surface area contributed by atoms with Crippen molar-refractivity contribution in [3.8, 4) is 26.3 Å². The number of hydrogen-bond donors (Lipinski definition) is 1. The highest BCUT2D eigenvalue weighted by molar-refractivity contribution is 7.99. The van der Waals surface area contributed by atoms with Crippen LogP contribution in [0.1, 0.15) is 30.7 Å². The molecule has 0 saturated heterocycles. The van der Waals surface area contributed by atoms with E-state index in [-0.39, 0.29) is 11.0 Å². The SMILES string of the molecule is CC1(C)CCSc2ccc(-c3ccc(-c4ccc(/C=C(\C#N)C(=O)O)s4)s3)cc21. The molecule has 0 unspecified atom stereocenters. The van der Waals surface area contributed by atoms with Crippen molar-refractivity contribution in [1.29, 1.82) is 5.26 Å². The number of rotatable bonds is 4. The molecule has 0 spiro atoms. The molecule has 29 heavy (non-hydrogen) atoms. The maximum absolute atomic E-state index is 11.0. The summed E-state index contributed by atoms with van der Waals surface area (Å²) < 4.78 is 0. The summed E-state index contributed by atoms with van der Waals surface area (Å²) in [5.74, 6) is -0.0260. The van der Waals surface area contributed by atoms with Crippen LogP contribution in [0, 0.1) is 11.3 Å². The Morgan fingerprint density at radius 2 is 1.83 bits per heavy atom. The lowest BCUT2D eigenvalue weighted by atomic mass is 9.81. The van der Waals surface area contributed by atoms with Gasteiger partial charge in [-0.1, -0.05) is 19.9 Å². The average Bonchev–Trinajstić information content (AvgIpc) is 3.35. The summed E-state index contributed by atoms with van der Waals surface area (Å²) >= 11 is 5.17. The Balaban J connectivity index is 1.64. The van der Waals surface area contributed by atoms with E-state index in [4.69, 9.17) is 10.4 Å². The van der Waals surface area contributed by atoms with Crippen LogP contribution in [0.3, 0.4) is 0 Å². The number of thioether (sulfide) groups is 1. The zero-order valence-electron chi connectivity index (χ0n) is 16.1. The third-order valence-corrected chi connectivity index (χ3v) is 8.53. The predicted octanol–water partition coefficient (Wildman–Crippen LogP) is 6.91. The molecule has 1 aliphatic heterocycles. The fourth-order valence-corrected chi connectivity index (χ4v) is 6.89. The zero-order valence-corrected chi connectivity index (χ0v) is 18.5. The van der Waals surface area contributed by atoms with Crippen molar-refractivity contribution in [3.05, 3.63) is 58.5 Å². The van der Waals surface area contributed by atoms with Crippen LogP contribution in [0.25, 0.3) is 26.3 Å². The van der Waals surface area contributed by atoms with E-state index in [1.807, 2.05) is 23.9 Å². The van der Waals surface area contributed by atoms with E-state index < -0.39 is 5.97 Å². The minimum atomic E-state index is -1.20. The van der Waals surface area contributed by atoms with Crippen LogP contribution in [0.4, 0.5) is 0 Å². The summed E-state index contributed by atoms with van der Waals surface area (Å²) in [6, 6.07) is 16.6. The minimum Gasteiger partial charge on any atom is -0.477 e. The van der Waals surface area contributed by atoms with Gasteiger partial charge in [0.25, 0.3) is 0 Å². The standard InChI is InChI=1S/C23H19NO2S3/c1-23(2)9-10-27-19-5-3-14(12-17(19)23)18-7-8-21(29-18)20-6-4-16(28-20)11-15(13-24)22(25)26/h3-8,11-12H,9-10H2,1-2H3,(H,25,26)/b15-11+. The van der Waals surface area contributed by atoms with Crippen LogP contribution >= 0.6 is 34.4 Å². The molecule has 146 valence electrons. The van der Waals surface area contributed by atoms with E-state index in [0.29, 0.717) is 0 Å². The third-order valence-electron chi connectivity index (χ3n) is 5.09. The van der Waals surface area contributed by atoms with Crippen LogP contribution in [-0.4, -0.2) is 16.8 Å². The molecule has 0 amide bonds. The number of aliphatic carboxylic acids is 1. The van der Waals surface area contributed by atoms with Crippen LogP contribution in [0.15, 0.2) is 52.9 Å². The van der Waals surface area contributed by atoms with Crippen molar-refractivity contribution in [3.63, 3.8) is 0 Å². The molecule has 4 rings (SSSR count). The first kappa shape index (κ1) is 20.0. The quantitative estimate of drug-likeness (QED) is 0.356. The van der Waals surface area contributed by atoms with Crippen LogP contribution < -0.4 is 0 Å². The molecular weight excluding hydrogens is 418 g/mol. The fourth-order valence-electron chi connectivity index (χ4n) is 3.36. The van der Waals surface area contributed by atoms with Gasteiger partial charge < -0.3 is 5.11 Å². The Bertz CT molecular complexity index is 1160. The van der Waals surface area contributed by atoms with Crippen LogP contribution in [0.5, 0.6) is 0 Å². The largest absolute Gasteiger partial charge is 0.477 e. The normalized spacial score (nSPS) is 15.6. The van der Waals surface area contributed by atoms with Crippen molar-refractivity contribution >= 4 is 46.5 Å². The first-order valence-corrected chi connectivity index (χ1v) is 11.8. The first-order valence-electron chi connectivity index (χ1n) is 9.20. The number of thiophene rings is 2. The second-order valence-electron chi connectivity index (χ2n) is 7.53. The number of carbonyl (C=O) groups is 1. The van der Waals surface area contributed by atoms with E-state index in [0.717, 1.165) is 14.6 Å². The lowest BCUT2D eigenvalue weighted by molar-refractivity contribution is -0.132. The number of benzene rings is 1. The van der Waals surface area contributed by atoms with E-state index in [1.165, 1.54) is 50.5 Å². The van der Waals surface area contributed by atoms with Gasteiger partial charge in [0.2, 0.25) is 0 Å². The van der Waals surface area contributed by atoms with Crippen molar-refractivity contribution in [2.24, 2.45) is 0 Å². The molecule has 0 radical (unpaired) electrons. The Hall–Kier alpha value is -2.33. The summed E-state index contributed by atoms with van der Waals surface area (Å²) in [5.41, 5.74) is 2.63. The highest BCUT2D eigenvalue weighted by atomic mass is 32.2. The Kier molecular flexibility index (Phi) is 5.39. The lowest BCUT2D eigenvalue weighted by Gasteiger charge is -2.32. The zero-order chi connectivity index (χ0) is 20.6. The molecule has 2 aromatic heterocycles. The molecule has 3 nitrogen and oxygen atoms in total. The van der Waals surface area contributed by atoms with Gasteiger partial charge in [-0.3, -0.25) is 0 Å². The fraction of sp³-hybridized carbons (Fsp3) is 0.217. The summed E-state index contributed by atoms with van der Waals surface area (Å²) in [5, 5.41) is 18.0. The van der Waals surface area contributed by atoms with Crippen molar-refractivity contribution in [2.45, 2.75) is 30.6 Å². The average molecular weight is 438 g/mol. The van der Waals surface area contributed by atoms with Gasteiger partial charge in [-0.15, -0.1) is 34.4 Å². The minimum absolute atomic E-state index is 0.203. The molecule has 0 bridgehead atoms. The van der Waals surface area contributed by atoms with Gasteiger partial charge in [0.1, 0.15) is 11.6 Å². The van der Waals surface area contributed by atoms with Crippen molar-refractivity contribution in [2.75, 3.05) is 5.75 Å². The molecule has 1 N–H and O–H groups in total. The molecule has 6 heteroatoms. The molecule has 0 atom stereocenters. The van der Waals surface area contributed by atoms with E-state index in [9.17, 15) is 4.79 Å². The molecule has 0 aliphatic carbocycles. The number of fused-ring (bicyclic) bond motifs is 1. The number of carboxylic acid groups (broad SMARTS) is 1. The molecule has 0 fully saturated rings. The van der Waals surface area contributed by atoms with Gasteiger partial charge in [0.05, 0.1) is 0 Å². The third kappa shape index (κ3) is 4.04. The molecule has 3 aromatic rings. The summed E-state index contributed by atoms with van der Waals surface area (Å²) in [4.78, 5) is 16.6. The number of nitrogens with zero attached hydrogens (tertiary/aromatic N) is 1. The molecular formula is C23H19NO2S3. The lowest BCUT2D eigenvalue weighted by Crippen LogP contribution is -2.22. The van der Waals surface area contributed by atoms with Gasteiger partial charge in [0, 0.05) is 24.4 Å². The van der Waals surface area contributed by atoms with Crippen molar-refractivity contribution in [1.82, 2.24) is 0 Å². The Morgan fingerprint density at radius 1 is 1.10 bits per heavy atom. The van der Waals surface area contributed by atoms with Gasteiger partial charge in [0.15, 0.2) is 0 Å². The van der Waals surface area contributed by atoms with Gasteiger partial charge in [-0.05, 0) is 71.2 Å². The van der Waals surface area contributed by atoms with Gasteiger partial charge in [-0.2, -0.15) is 5.26 Å².